The molecule has 0 saturated carbocycles. The first-order valence-electron chi connectivity index (χ1n) is 5.95. The topological polar surface area (TPSA) is 80.5 Å². The zero-order valence-corrected chi connectivity index (χ0v) is 10.00. The fourth-order valence-corrected chi connectivity index (χ4v) is 2.32. The number of nitrogens with zero attached hydrogens (tertiary/aromatic N) is 2. The summed E-state index contributed by atoms with van der Waals surface area (Å²) in [5.41, 5.74) is 1.93. The molecule has 2 aromatic heterocycles. The van der Waals surface area contributed by atoms with E-state index in [4.69, 9.17) is 0 Å². The minimum absolute atomic E-state index is 0.227. The molecule has 3 heterocycles. The van der Waals surface area contributed by atoms with Crippen LogP contribution in [0.15, 0.2) is 24.4 Å². The molecule has 6 heteroatoms. The van der Waals surface area contributed by atoms with Crippen molar-refractivity contribution in [1.29, 1.82) is 0 Å². The highest BCUT2D eigenvalue weighted by molar-refractivity contribution is 6.01. The normalized spacial score (nSPS) is 19.5. The lowest BCUT2D eigenvalue weighted by molar-refractivity contribution is -0.134. The molecule has 1 N–H and O–H groups in total. The van der Waals surface area contributed by atoms with Crippen LogP contribution in [0.2, 0.25) is 0 Å². The van der Waals surface area contributed by atoms with Crippen molar-refractivity contribution in [3.63, 3.8) is 0 Å². The first-order valence-corrected chi connectivity index (χ1v) is 5.95. The number of aldehydes is 1. The SMILES string of the molecule is O=Cc1cc2cc(C3CCC(=O)NC3=O)ccn2n1. The van der Waals surface area contributed by atoms with Crippen LogP contribution >= 0.6 is 0 Å². The maximum absolute atomic E-state index is 11.8. The number of piperidine rings is 1. The van der Waals surface area contributed by atoms with Crippen molar-refractivity contribution < 1.29 is 14.4 Å². The van der Waals surface area contributed by atoms with Crippen LogP contribution in [0, 0.1) is 0 Å². The lowest BCUT2D eigenvalue weighted by atomic mass is 9.91. The van der Waals surface area contributed by atoms with Crippen LogP contribution in [0.25, 0.3) is 5.52 Å². The molecular weight excluding hydrogens is 246 g/mol. The van der Waals surface area contributed by atoms with E-state index >= 15 is 0 Å². The predicted octanol–water partition coefficient (Wildman–Crippen LogP) is 0.667. The lowest BCUT2D eigenvalue weighted by Gasteiger charge is -2.21. The van der Waals surface area contributed by atoms with E-state index in [1.54, 1.807) is 22.8 Å². The molecule has 1 aliphatic rings. The Labute approximate surface area is 108 Å². The second kappa shape index (κ2) is 4.31. The Kier molecular flexibility index (Phi) is 2.63. The van der Waals surface area contributed by atoms with Gasteiger partial charge in [-0.05, 0) is 30.2 Å². The first kappa shape index (κ1) is 11.6. The molecule has 6 nitrogen and oxygen atoms in total. The van der Waals surface area contributed by atoms with Crippen LogP contribution in [-0.2, 0) is 9.59 Å². The molecule has 1 saturated heterocycles. The number of rotatable bonds is 2. The lowest BCUT2D eigenvalue weighted by Crippen LogP contribution is -2.39. The summed E-state index contributed by atoms with van der Waals surface area (Å²) in [7, 11) is 0. The molecule has 96 valence electrons. The van der Waals surface area contributed by atoms with Gasteiger partial charge >= 0.3 is 0 Å². The maximum atomic E-state index is 11.8. The van der Waals surface area contributed by atoms with Gasteiger partial charge in [-0.25, -0.2) is 4.52 Å². The second-order valence-electron chi connectivity index (χ2n) is 4.52. The highest BCUT2D eigenvalue weighted by Crippen LogP contribution is 2.25. The molecule has 3 rings (SSSR count). The van der Waals surface area contributed by atoms with Crippen LogP contribution in [0.5, 0.6) is 0 Å². The quantitative estimate of drug-likeness (QED) is 0.633. The van der Waals surface area contributed by atoms with Gasteiger partial charge in [-0.15, -0.1) is 0 Å². The molecule has 2 aromatic rings. The van der Waals surface area contributed by atoms with E-state index in [1.165, 1.54) is 0 Å². The van der Waals surface area contributed by atoms with Gasteiger partial charge in [0.15, 0.2) is 6.29 Å². The molecule has 0 aromatic carbocycles. The van der Waals surface area contributed by atoms with Gasteiger partial charge < -0.3 is 0 Å². The van der Waals surface area contributed by atoms with Crippen LogP contribution in [0.1, 0.15) is 34.8 Å². The highest BCUT2D eigenvalue weighted by Gasteiger charge is 2.28. The van der Waals surface area contributed by atoms with Gasteiger partial charge in [-0.3, -0.25) is 19.7 Å². The van der Waals surface area contributed by atoms with Crippen LogP contribution < -0.4 is 5.32 Å². The smallest absolute Gasteiger partial charge is 0.234 e. The average Bonchev–Trinajstić information content (AvgIpc) is 2.80. The fourth-order valence-electron chi connectivity index (χ4n) is 2.32. The summed E-state index contributed by atoms with van der Waals surface area (Å²) >= 11 is 0. The summed E-state index contributed by atoms with van der Waals surface area (Å²) in [6.45, 7) is 0. The zero-order valence-electron chi connectivity index (χ0n) is 10.00. The number of hydrogen-bond acceptors (Lipinski definition) is 4. The number of imide groups is 1. The van der Waals surface area contributed by atoms with Gasteiger partial charge in [-0.1, -0.05) is 0 Å². The van der Waals surface area contributed by atoms with Crippen LogP contribution in [-0.4, -0.2) is 27.7 Å². The number of hydrogen-bond donors (Lipinski definition) is 1. The van der Waals surface area contributed by atoms with Crippen molar-refractivity contribution in [2.75, 3.05) is 0 Å². The molecule has 1 unspecified atom stereocenters. The number of aromatic nitrogens is 2. The van der Waals surface area contributed by atoms with Gasteiger partial charge in [0.1, 0.15) is 5.69 Å². The molecule has 0 bridgehead atoms. The molecule has 0 radical (unpaired) electrons. The van der Waals surface area contributed by atoms with Crippen molar-refractivity contribution in [3.05, 3.63) is 35.7 Å². The Bertz CT molecular complexity index is 689. The number of carbonyl (C=O) groups excluding carboxylic acids is 3. The molecule has 1 aliphatic heterocycles. The molecule has 1 atom stereocenters. The summed E-state index contributed by atoms with van der Waals surface area (Å²) in [6, 6.07) is 5.26. The van der Waals surface area contributed by atoms with Crippen molar-refractivity contribution in [3.8, 4) is 0 Å². The Morgan fingerprint density at radius 1 is 1.37 bits per heavy atom. The second-order valence-corrected chi connectivity index (χ2v) is 4.52. The minimum atomic E-state index is -0.322. The standard InChI is InChI=1S/C13H11N3O3/c17-7-9-6-10-5-8(3-4-16(10)15-9)11-1-2-12(18)14-13(11)19/h3-7,11H,1-2H2,(H,14,18,19). The number of carbonyl (C=O) groups is 3. The van der Waals surface area contributed by atoms with Crippen LogP contribution in [0.3, 0.4) is 0 Å². The van der Waals surface area contributed by atoms with Gasteiger partial charge in [0.05, 0.1) is 11.4 Å². The number of nitrogens with one attached hydrogen (secondary N) is 1. The van der Waals surface area contributed by atoms with Crippen molar-refractivity contribution in [2.24, 2.45) is 0 Å². The van der Waals surface area contributed by atoms with E-state index in [0.29, 0.717) is 24.8 Å². The molecule has 0 spiro atoms. The van der Waals surface area contributed by atoms with Gasteiger partial charge in [0.2, 0.25) is 11.8 Å². The van der Waals surface area contributed by atoms with E-state index in [1.807, 2.05) is 6.07 Å². The third kappa shape index (κ3) is 2.01. The zero-order chi connectivity index (χ0) is 13.4. The third-order valence-corrected chi connectivity index (χ3v) is 3.27. The van der Waals surface area contributed by atoms with Crippen LogP contribution in [0.4, 0.5) is 0 Å². The number of fused-ring (bicyclic) bond motifs is 1. The monoisotopic (exact) mass is 257 g/mol. The summed E-state index contributed by atoms with van der Waals surface area (Å²) in [5.74, 6) is -0.817. The third-order valence-electron chi connectivity index (χ3n) is 3.27. The van der Waals surface area contributed by atoms with E-state index in [-0.39, 0.29) is 17.7 Å². The van der Waals surface area contributed by atoms with Crippen molar-refractivity contribution >= 4 is 23.6 Å². The van der Waals surface area contributed by atoms with E-state index < -0.39 is 0 Å². The average molecular weight is 257 g/mol. The van der Waals surface area contributed by atoms with Gasteiger partial charge in [0, 0.05) is 12.6 Å². The van der Waals surface area contributed by atoms with Crippen molar-refractivity contribution in [1.82, 2.24) is 14.9 Å². The molecule has 0 aliphatic carbocycles. The summed E-state index contributed by atoms with van der Waals surface area (Å²) in [4.78, 5) is 33.6. The Morgan fingerprint density at radius 2 is 2.21 bits per heavy atom. The minimum Gasteiger partial charge on any atom is -0.296 e. The summed E-state index contributed by atoms with van der Waals surface area (Å²) in [5, 5.41) is 6.38. The van der Waals surface area contributed by atoms with Gasteiger partial charge in [0.25, 0.3) is 0 Å². The van der Waals surface area contributed by atoms with Crippen molar-refractivity contribution in [2.45, 2.75) is 18.8 Å². The largest absolute Gasteiger partial charge is 0.296 e. The first-order chi connectivity index (χ1) is 9.17. The van der Waals surface area contributed by atoms with Gasteiger partial charge in [-0.2, -0.15) is 5.10 Å². The highest BCUT2D eigenvalue weighted by atomic mass is 16.2. The molecule has 2 amide bonds. The summed E-state index contributed by atoms with van der Waals surface area (Å²) in [6.07, 6.45) is 3.25. The fraction of sp³-hybridized carbons (Fsp3) is 0.231. The predicted molar refractivity (Wildman–Crippen MR) is 65.7 cm³/mol. The Morgan fingerprint density at radius 3 is 2.95 bits per heavy atom. The number of amides is 2. The molecular formula is C13H11N3O3. The van der Waals surface area contributed by atoms with E-state index in [2.05, 4.69) is 10.4 Å². The molecule has 19 heavy (non-hydrogen) atoms. The maximum Gasteiger partial charge on any atom is 0.234 e. The Hall–Kier alpha value is -2.50. The molecule has 1 fully saturated rings. The summed E-state index contributed by atoms with van der Waals surface area (Å²) < 4.78 is 1.58. The van der Waals surface area contributed by atoms with E-state index in [0.717, 1.165) is 11.1 Å². The Balaban J connectivity index is 1.98. The van der Waals surface area contributed by atoms with E-state index in [9.17, 15) is 14.4 Å². The number of pyridine rings is 1.